The fraction of sp³-hybridized carbons (Fsp3) is 0.619. The summed E-state index contributed by atoms with van der Waals surface area (Å²) in [7, 11) is 2.08. The highest BCUT2D eigenvalue weighted by molar-refractivity contribution is 5.38. The van der Waals surface area contributed by atoms with Gasteiger partial charge in [-0.2, -0.15) is 0 Å². The van der Waals surface area contributed by atoms with Crippen molar-refractivity contribution in [3.8, 4) is 0 Å². The molecule has 0 amide bonds. The lowest BCUT2D eigenvalue weighted by Crippen LogP contribution is -2.53. The maximum absolute atomic E-state index is 5.72. The Morgan fingerprint density at radius 1 is 1.19 bits per heavy atom. The van der Waals surface area contributed by atoms with E-state index < -0.39 is 0 Å². The maximum atomic E-state index is 5.72. The molecule has 4 heterocycles. The summed E-state index contributed by atoms with van der Waals surface area (Å²) >= 11 is 0. The number of pyridine rings is 1. The van der Waals surface area contributed by atoms with Crippen LogP contribution in [0.5, 0.6) is 0 Å². The minimum absolute atomic E-state index is 0.00509. The van der Waals surface area contributed by atoms with Gasteiger partial charge in [0.1, 0.15) is 5.82 Å². The first-order valence-electron chi connectivity index (χ1n) is 10.2. The molecule has 0 atom stereocenters. The first-order valence-corrected chi connectivity index (χ1v) is 10.2. The van der Waals surface area contributed by atoms with E-state index in [0.29, 0.717) is 0 Å². The third kappa shape index (κ3) is 3.25. The van der Waals surface area contributed by atoms with Crippen LogP contribution in [-0.2, 0) is 29.8 Å². The van der Waals surface area contributed by atoms with Crippen LogP contribution < -0.4 is 4.90 Å². The van der Waals surface area contributed by atoms with Crippen LogP contribution in [0.25, 0.3) is 0 Å². The minimum Gasteiger partial charge on any atom is -0.381 e. The summed E-state index contributed by atoms with van der Waals surface area (Å²) in [6.07, 6.45) is 7.17. The second kappa shape index (κ2) is 7.60. The van der Waals surface area contributed by atoms with Gasteiger partial charge < -0.3 is 14.2 Å². The largest absolute Gasteiger partial charge is 0.381 e. The molecule has 1 spiro atoms. The monoisotopic (exact) mass is 369 g/mol. The van der Waals surface area contributed by atoms with Crippen molar-refractivity contribution in [1.82, 2.24) is 19.4 Å². The lowest BCUT2D eigenvalue weighted by atomic mass is 9.80. The highest BCUT2D eigenvalue weighted by Gasteiger charge is 2.46. The lowest BCUT2D eigenvalue weighted by Gasteiger charge is -2.48. The number of aromatic nitrogens is 3. The molecule has 1 saturated heterocycles. The van der Waals surface area contributed by atoms with Crippen molar-refractivity contribution in [3.63, 3.8) is 0 Å². The minimum atomic E-state index is 0.00509. The van der Waals surface area contributed by atoms with Gasteiger partial charge in [0, 0.05) is 64.8 Å². The fourth-order valence-electron chi connectivity index (χ4n) is 4.55. The molecule has 0 bridgehead atoms. The van der Waals surface area contributed by atoms with E-state index in [9.17, 15) is 0 Å². The molecule has 4 rings (SSSR count). The Hall–Kier alpha value is -1.92. The van der Waals surface area contributed by atoms with Crippen LogP contribution in [0.15, 0.2) is 24.7 Å². The second-order valence-electron chi connectivity index (χ2n) is 7.68. The normalized spacial score (nSPS) is 19.2. The Morgan fingerprint density at radius 3 is 2.67 bits per heavy atom. The van der Waals surface area contributed by atoms with Crippen LogP contribution >= 0.6 is 0 Å². The Morgan fingerprint density at radius 2 is 2.00 bits per heavy atom. The number of imidazole rings is 1. The summed E-state index contributed by atoms with van der Waals surface area (Å²) in [4.78, 5) is 14.3. The molecule has 0 saturated carbocycles. The van der Waals surface area contributed by atoms with Crippen molar-refractivity contribution < 1.29 is 4.74 Å². The molecule has 2 aliphatic rings. The Kier molecular flexibility index (Phi) is 5.19. The summed E-state index contributed by atoms with van der Waals surface area (Å²) in [5.74, 6) is 1.03. The van der Waals surface area contributed by atoms with Crippen molar-refractivity contribution in [2.24, 2.45) is 0 Å². The third-order valence-electron chi connectivity index (χ3n) is 6.32. The van der Waals surface area contributed by atoms with Gasteiger partial charge in [-0.05, 0) is 38.3 Å². The molecule has 2 aromatic heterocycles. The van der Waals surface area contributed by atoms with Gasteiger partial charge in [-0.3, -0.25) is 4.90 Å². The molecule has 0 unspecified atom stereocenters. The number of anilines is 1. The predicted molar refractivity (Wildman–Crippen MR) is 107 cm³/mol. The molecule has 0 aromatic carbocycles. The molecule has 6 heteroatoms. The zero-order valence-electron chi connectivity index (χ0n) is 16.8. The first-order chi connectivity index (χ1) is 13.2. The van der Waals surface area contributed by atoms with Crippen molar-refractivity contribution in [2.75, 3.05) is 38.3 Å². The topological polar surface area (TPSA) is 46.4 Å². The van der Waals surface area contributed by atoms with Gasteiger partial charge in [0.05, 0.1) is 17.6 Å². The number of hydrogen-bond donors (Lipinski definition) is 0. The summed E-state index contributed by atoms with van der Waals surface area (Å²) in [5, 5.41) is 0. The number of ether oxygens (including phenoxy) is 1. The van der Waals surface area contributed by atoms with Crippen LogP contribution in [0.1, 0.15) is 43.6 Å². The second-order valence-corrected chi connectivity index (χ2v) is 7.68. The summed E-state index contributed by atoms with van der Waals surface area (Å²) in [5.41, 5.74) is 3.99. The molecule has 2 aromatic rings. The number of rotatable bonds is 5. The molecule has 6 nitrogen and oxygen atoms in total. The molecule has 2 aliphatic heterocycles. The van der Waals surface area contributed by atoms with Gasteiger partial charge >= 0.3 is 0 Å². The van der Waals surface area contributed by atoms with Crippen LogP contribution in [0.4, 0.5) is 5.82 Å². The van der Waals surface area contributed by atoms with Gasteiger partial charge in [-0.25, -0.2) is 9.97 Å². The molecule has 27 heavy (non-hydrogen) atoms. The Labute approximate surface area is 162 Å². The van der Waals surface area contributed by atoms with Crippen LogP contribution in [0.2, 0.25) is 0 Å². The number of hydrogen-bond acceptors (Lipinski definition) is 5. The van der Waals surface area contributed by atoms with E-state index in [2.05, 4.69) is 52.4 Å². The highest BCUT2D eigenvalue weighted by Crippen LogP contribution is 2.43. The van der Waals surface area contributed by atoms with Crippen molar-refractivity contribution >= 4 is 5.82 Å². The van der Waals surface area contributed by atoms with Crippen LogP contribution in [0, 0.1) is 0 Å². The number of aryl methyl sites for hydroxylation is 1. The quantitative estimate of drug-likeness (QED) is 0.811. The SMILES string of the molecule is CCN(C)c1ccc(CN2CCc3c(ncn3CC)C23CCOCC3)cn1. The van der Waals surface area contributed by atoms with Crippen molar-refractivity contribution in [1.29, 1.82) is 0 Å². The van der Waals surface area contributed by atoms with Crippen LogP contribution in [-0.4, -0.2) is 52.8 Å². The highest BCUT2D eigenvalue weighted by atomic mass is 16.5. The fourth-order valence-corrected chi connectivity index (χ4v) is 4.55. The van der Waals surface area contributed by atoms with Gasteiger partial charge in [0.15, 0.2) is 0 Å². The van der Waals surface area contributed by atoms with E-state index in [4.69, 9.17) is 9.72 Å². The van der Waals surface area contributed by atoms with E-state index in [1.54, 1.807) is 0 Å². The molecule has 1 fully saturated rings. The van der Waals surface area contributed by atoms with E-state index in [-0.39, 0.29) is 5.54 Å². The smallest absolute Gasteiger partial charge is 0.128 e. The van der Waals surface area contributed by atoms with Crippen molar-refractivity contribution in [3.05, 3.63) is 41.6 Å². The van der Waals surface area contributed by atoms with Gasteiger partial charge in [-0.15, -0.1) is 0 Å². The maximum Gasteiger partial charge on any atom is 0.128 e. The Bertz CT molecular complexity index is 763. The van der Waals surface area contributed by atoms with E-state index in [1.165, 1.54) is 17.0 Å². The van der Waals surface area contributed by atoms with Crippen LogP contribution in [0.3, 0.4) is 0 Å². The molecule has 0 aliphatic carbocycles. The van der Waals surface area contributed by atoms with Gasteiger partial charge in [-0.1, -0.05) is 6.07 Å². The zero-order chi connectivity index (χ0) is 18.9. The zero-order valence-corrected chi connectivity index (χ0v) is 16.8. The molecule has 146 valence electrons. The third-order valence-corrected chi connectivity index (χ3v) is 6.32. The molecular formula is C21H31N5O. The standard InChI is InChI=1S/C21H31N5O/c1-4-24(3)19-7-6-17(14-22-19)15-26-11-8-18-20(23-16-25(18)5-2)21(26)9-12-27-13-10-21/h6-7,14,16H,4-5,8-13,15H2,1-3H3. The molecular weight excluding hydrogens is 338 g/mol. The molecule has 0 N–H and O–H groups in total. The van der Waals surface area contributed by atoms with E-state index in [0.717, 1.165) is 64.5 Å². The average Bonchev–Trinajstić information content (AvgIpc) is 3.15. The summed E-state index contributed by atoms with van der Waals surface area (Å²) < 4.78 is 8.04. The number of fused-ring (bicyclic) bond motifs is 2. The molecule has 0 radical (unpaired) electrons. The number of nitrogens with zero attached hydrogens (tertiary/aromatic N) is 5. The van der Waals surface area contributed by atoms with E-state index in [1.807, 2.05) is 12.5 Å². The van der Waals surface area contributed by atoms with Gasteiger partial charge in [0.25, 0.3) is 0 Å². The van der Waals surface area contributed by atoms with Gasteiger partial charge in [0.2, 0.25) is 0 Å². The summed E-state index contributed by atoms with van der Waals surface area (Å²) in [6, 6.07) is 4.36. The Balaban J connectivity index is 1.62. The first kappa shape index (κ1) is 18.4. The van der Waals surface area contributed by atoms with Crippen molar-refractivity contribution in [2.45, 2.75) is 51.7 Å². The lowest BCUT2D eigenvalue weighted by molar-refractivity contribution is -0.0453. The predicted octanol–water partition coefficient (Wildman–Crippen LogP) is 2.82. The average molecular weight is 370 g/mol. The summed E-state index contributed by atoms with van der Waals surface area (Å²) in [6.45, 7) is 9.91. The van der Waals surface area contributed by atoms with E-state index >= 15 is 0 Å².